The Hall–Kier alpha value is -4.85. The highest BCUT2D eigenvalue weighted by Gasteiger charge is 2.45. The standard InChI is InChI=1S/C31H29N3O5/c1-21-6-2-3-7-24(21)19-39-26-12-10-22(11-13-26)29(36)27-28(23-8-4-9-25(35)18-23)34(31(38)30(27)37)16-5-15-33-17-14-32-20-33/h2-4,6-14,17-18,20,28,35-36H,5,15-16,19H2,1H3/b29-27-. The van der Waals surface area contributed by atoms with Gasteiger partial charge in [0, 0.05) is 31.0 Å². The van der Waals surface area contributed by atoms with Crippen molar-refractivity contribution in [1.29, 1.82) is 0 Å². The number of carbonyl (C=O) groups is 2. The number of imidazole rings is 1. The predicted octanol–water partition coefficient (Wildman–Crippen LogP) is 4.99. The van der Waals surface area contributed by atoms with Gasteiger partial charge in [0.05, 0.1) is 17.9 Å². The fourth-order valence-corrected chi connectivity index (χ4v) is 4.79. The number of hydrogen-bond acceptors (Lipinski definition) is 6. The summed E-state index contributed by atoms with van der Waals surface area (Å²) in [5.41, 5.74) is 3.12. The molecule has 2 heterocycles. The van der Waals surface area contributed by atoms with Crippen LogP contribution in [0.3, 0.4) is 0 Å². The number of aliphatic hydroxyl groups excluding tert-OH is 1. The Morgan fingerprint density at radius 1 is 1.00 bits per heavy atom. The number of ketones is 1. The van der Waals surface area contributed by atoms with E-state index in [4.69, 9.17) is 4.74 Å². The Morgan fingerprint density at radius 3 is 2.51 bits per heavy atom. The predicted molar refractivity (Wildman–Crippen MR) is 146 cm³/mol. The molecule has 198 valence electrons. The number of aliphatic hydroxyl groups is 1. The highest BCUT2D eigenvalue weighted by molar-refractivity contribution is 6.46. The number of ether oxygens (including phenoxy) is 1. The molecule has 1 aliphatic heterocycles. The van der Waals surface area contributed by atoms with Crippen LogP contribution in [-0.2, 0) is 22.7 Å². The van der Waals surface area contributed by atoms with Crippen molar-refractivity contribution >= 4 is 17.4 Å². The Bertz CT molecular complexity index is 1510. The van der Waals surface area contributed by atoms with Crippen LogP contribution in [0.5, 0.6) is 11.5 Å². The third-order valence-corrected chi connectivity index (χ3v) is 6.88. The molecular formula is C31H29N3O5. The van der Waals surface area contributed by atoms with Crippen LogP contribution < -0.4 is 4.74 Å². The van der Waals surface area contributed by atoms with Crippen LogP contribution in [-0.4, -0.2) is 42.9 Å². The van der Waals surface area contributed by atoms with Gasteiger partial charge in [-0.3, -0.25) is 9.59 Å². The number of nitrogens with zero attached hydrogens (tertiary/aromatic N) is 3. The van der Waals surface area contributed by atoms with Crippen molar-refractivity contribution in [3.05, 3.63) is 119 Å². The maximum atomic E-state index is 13.2. The number of amides is 1. The number of Topliss-reactive ketones (excluding diaryl/α,β-unsaturated/α-hetero) is 1. The monoisotopic (exact) mass is 523 g/mol. The zero-order valence-electron chi connectivity index (χ0n) is 21.5. The topological polar surface area (TPSA) is 105 Å². The average Bonchev–Trinajstić information content (AvgIpc) is 3.55. The summed E-state index contributed by atoms with van der Waals surface area (Å²) in [5, 5.41) is 21.4. The molecule has 8 heteroatoms. The van der Waals surface area contributed by atoms with Gasteiger partial charge in [-0.2, -0.15) is 0 Å². The van der Waals surface area contributed by atoms with Crippen LogP contribution in [0.2, 0.25) is 0 Å². The van der Waals surface area contributed by atoms with E-state index >= 15 is 0 Å². The van der Waals surface area contributed by atoms with E-state index in [9.17, 15) is 19.8 Å². The van der Waals surface area contributed by atoms with Crippen molar-refractivity contribution in [2.24, 2.45) is 0 Å². The first-order valence-electron chi connectivity index (χ1n) is 12.7. The smallest absolute Gasteiger partial charge is 0.295 e. The van der Waals surface area contributed by atoms with Gasteiger partial charge in [0.2, 0.25) is 0 Å². The molecule has 39 heavy (non-hydrogen) atoms. The molecule has 0 bridgehead atoms. The van der Waals surface area contributed by atoms with E-state index in [-0.39, 0.29) is 23.6 Å². The van der Waals surface area contributed by atoms with Gasteiger partial charge in [-0.05, 0) is 66.4 Å². The molecule has 0 spiro atoms. The second-order valence-electron chi connectivity index (χ2n) is 9.48. The SMILES string of the molecule is Cc1ccccc1COc1ccc(/C(O)=C2/C(=O)C(=O)N(CCCn3ccnc3)C2c2cccc(O)c2)cc1. The second-order valence-corrected chi connectivity index (χ2v) is 9.48. The molecule has 0 radical (unpaired) electrons. The van der Waals surface area contributed by atoms with Gasteiger partial charge in [0.15, 0.2) is 0 Å². The molecule has 1 aliphatic rings. The van der Waals surface area contributed by atoms with Crippen LogP contribution in [0, 0.1) is 6.92 Å². The Morgan fingerprint density at radius 2 is 1.79 bits per heavy atom. The normalized spacial score (nSPS) is 16.5. The first-order chi connectivity index (χ1) is 18.9. The van der Waals surface area contributed by atoms with Crippen LogP contribution in [0.1, 0.15) is 34.7 Å². The fraction of sp³-hybridized carbons (Fsp3) is 0.194. The number of aromatic nitrogens is 2. The summed E-state index contributed by atoms with van der Waals surface area (Å²) < 4.78 is 7.80. The summed E-state index contributed by atoms with van der Waals surface area (Å²) in [4.78, 5) is 31.9. The van der Waals surface area contributed by atoms with Gasteiger partial charge in [-0.1, -0.05) is 36.4 Å². The summed E-state index contributed by atoms with van der Waals surface area (Å²) in [5.74, 6) is -1.10. The summed E-state index contributed by atoms with van der Waals surface area (Å²) in [6.07, 6.45) is 5.77. The summed E-state index contributed by atoms with van der Waals surface area (Å²) in [6, 6.07) is 20.3. The van der Waals surface area contributed by atoms with E-state index in [0.29, 0.717) is 36.4 Å². The molecular weight excluding hydrogens is 494 g/mol. The van der Waals surface area contributed by atoms with Crippen molar-refractivity contribution in [3.8, 4) is 11.5 Å². The second kappa shape index (κ2) is 11.3. The molecule has 0 saturated carbocycles. The van der Waals surface area contributed by atoms with Gasteiger partial charge >= 0.3 is 0 Å². The van der Waals surface area contributed by atoms with Crippen LogP contribution in [0.4, 0.5) is 0 Å². The Balaban J connectivity index is 1.42. The average molecular weight is 524 g/mol. The Labute approximate surface area is 226 Å². The third-order valence-electron chi connectivity index (χ3n) is 6.88. The molecule has 8 nitrogen and oxygen atoms in total. The first kappa shape index (κ1) is 25.8. The molecule has 2 N–H and O–H groups in total. The number of phenolic OH excluding ortho intramolecular Hbond substituents is 1. The lowest BCUT2D eigenvalue weighted by Crippen LogP contribution is -2.31. The molecule has 1 saturated heterocycles. The van der Waals surface area contributed by atoms with Crippen molar-refractivity contribution in [1.82, 2.24) is 14.5 Å². The van der Waals surface area contributed by atoms with E-state index in [1.54, 1.807) is 48.9 Å². The molecule has 0 aliphatic carbocycles. The van der Waals surface area contributed by atoms with E-state index < -0.39 is 17.7 Å². The van der Waals surface area contributed by atoms with E-state index in [0.717, 1.165) is 11.1 Å². The van der Waals surface area contributed by atoms with E-state index in [2.05, 4.69) is 4.98 Å². The Kier molecular flexibility index (Phi) is 7.45. The minimum atomic E-state index is -0.836. The number of likely N-dealkylation sites (tertiary alicyclic amines) is 1. The molecule has 4 aromatic rings. The minimum Gasteiger partial charge on any atom is -0.508 e. The molecule has 1 unspecified atom stereocenters. The summed E-state index contributed by atoms with van der Waals surface area (Å²) >= 11 is 0. The summed E-state index contributed by atoms with van der Waals surface area (Å²) in [6.45, 7) is 3.32. The van der Waals surface area contributed by atoms with Gasteiger partial charge in [-0.15, -0.1) is 0 Å². The first-order valence-corrected chi connectivity index (χ1v) is 12.7. The number of benzene rings is 3. The number of aromatic hydroxyl groups is 1. The number of aryl methyl sites for hydroxylation is 2. The number of rotatable bonds is 9. The highest BCUT2D eigenvalue weighted by atomic mass is 16.5. The molecule has 1 aromatic heterocycles. The summed E-state index contributed by atoms with van der Waals surface area (Å²) in [7, 11) is 0. The number of hydrogen-bond donors (Lipinski definition) is 2. The van der Waals surface area contributed by atoms with E-state index in [1.165, 1.54) is 17.0 Å². The van der Waals surface area contributed by atoms with Gasteiger partial charge in [0.1, 0.15) is 23.9 Å². The van der Waals surface area contributed by atoms with Gasteiger partial charge in [0.25, 0.3) is 11.7 Å². The zero-order valence-corrected chi connectivity index (χ0v) is 21.5. The number of carbonyl (C=O) groups excluding carboxylic acids is 2. The van der Waals surface area contributed by atoms with Crippen molar-refractivity contribution in [2.45, 2.75) is 32.5 Å². The van der Waals surface area contributed by atoms with Crippen LogP contribution >= 0.6 is 0 Å². The lowest BCUT2D eigenvalue weighted by Gasteiger charge is -2.25. The van der Waals surface area contributed by atoms with Crippen molar-refractivity contribution in [3.63, 3.8) is 0 Å². The number of phenols is 1. The van der Waals surface area contributed by atoms with Crippen LogP contribution in [0.25, 0.3) is 5.76 Å². The highest BCUT2D eigenvalue weighted by Crippen LogP contribution is 2.40. The molecule has 1 fully saturated rings. The van der Waals surface area contributed by atoms with Crippen molar-refractivity contribution in [2.75, 3.05) is 6.54 Å². The van der Waals surface area contributed by atoms with Gasteiger partial charge in [-0.25, -0.2) is 4.98 Å². The maximum Gasteiger partial charge on any atom is 0.295 e. The molecule has 3 aromatic carbocycles. The van der Waals surface area contributed by atoms with Crippen LogP contribution in [0.15, 0.2) is 97.1 Å². The van der Waals surface area contributed by atoms with Crippen molar-refractivity contribution < 1.29 is 24.5 Å². The maximum absolute atomic E-state index is 13.2. The fourth-order valence-electron chi connectivity index (χ4n) is 4.79. The third kappa shape index (κ3) is 5.55. The quantitative estimate of drug-likeness (QED) is 0.182. The lowest BCUT2D eigenvalue weighted by molar-refractivity contribution is -0.139. The molecule has 5 rings (SSSR count). The minimum absolute atomic E-state index is 0.00616. The van der Waals surface area contributed by atoms with E-state index in [1.807, 2.05) is 42.0 Å². The lowest BCUT2D eigenvalue weighted by atomic mass is 9.95. The largest absolute Gasteiger partial charge is 0.508 e. The molecule has 1 amide bonds. The zero-order chi connectivity index (χ0) is 27.4. The molecule has 1 atom stereocenters. The van der Waals surface area contributed by atoms with Gasteiger partial charge < -0.3 is 24.4 Å².